The number of carbonyl (C=O) groups is 1. The first kappa shape index (κ1) is 20.3. The van der Waals surface area contributed by atoms with Crippen LogP contribution in [0.15, 0.2) is 48.5 Å². The highest BCUT2D eigenvalue weighted by Crippen LogP contribution is 2.33. The van der Waals surface area contributed by atoms with Crippen LogP contribution in [0.3, 0.4) is 0 Å². The van der Waals surface area contributed by atoms with Crippen molar-refractivity contribution >= 4 is 17.6 Å². The summed E-state index contributed by atoms with van der Waals surface area (Å²) >= 11 is 5.91. The Morgan fingerprint density at radius 1 is 1.00 bits per heavy atom. The predicted octanol–water partition coefficient (Wildman–Crippen LogP) is 5.92. The molecule has 0 fully saturated rings. The number of benzene rings is 2. The molecule has 0 saturated carbocycles. The molecule has 0 aliphatic heterocycles. The van der Waals surface area contributed by atoms with Gasteiger partial charge in [-0.3, -0.25) is 0 Å². The molecule has 0 aliphatic rings. The maximum Gasteiger partial charge on any atom is 0.353 e. The normalized spacial score (nSPS) is 9.93. The molecule has 0 spiro atoms. The summed E-state index contributed by atoms with van der Waals surface area (Å²) in [4.78, 5) is 11.7. The van der Waals surface area contributed by atoms with Gasteiger partial charge in [-0.2, -0.15) is 5.26 Å². The molecule has 0 saturated heterocycles. The van der Waals surface area contributed by atoms with Crippen molar-refractivity contribution in [2.75, 3.05) is 0 Å². The highest BCUT2D eigenvalue weighted by Gasteiger charge is 2.24. The van der Waals surface area contributed by atoms with Crippen molar-refractivity contribution in [2.45, 2.75) is 20.8 Å². The molecule has 3 rings (SSSR count). The lowest BCUT2D eigenvalue weighted by Crippen LogP contribution is -2.06. The highest BCUT2D eigenvalue weighted by atomic mass is 35.5. The van der Waals surface area contributed by atoms with E-state index in [2.05, 4.69) is 6.07 Å². The summed E-state index contributed by atoms with van der Waals surface area (Å²) < 4.78 is 1.54. The van der Waals surface area contributed by atoms with E-state index in [4.69, 9.17) is 11.6 Å². The number of rotatable bonds is 3. The Bertz CT molecular complexity index is 995. The SMILES string of the molecule is CC.Cc1c(C#N)c(-c2ccc(-c3ccc(Cl)cc3)cc2)c(C(=O)O)n1C. The second kappa shape index (κ2) is 8.57. The number of halogens is 1. The molecule has 27 heavy (non-hydrogen) atoms. The lowest BCUT2D eigenvalue weighted by atomic mass is 9.97. The number of carboxylic acid groups (broad SMARTS) is 1. The van der Waals surface area contributed by atoms with E-state index in [1.54, 1.807) is 18.5 Å². The number of nitriles is 1. The van der Waals surface area contributed by atoms with Gasteiger partial charge in [-0.15, -0.1) is 0 Å². The predicted molar refractivity (Wildman–Crippen MR) is 109 cm³/mol. The van der Waals surface area contributed by atoms with Crippen LogP contribution in [0, 0.1) is 18.3 Å². The molecule has 0 amide bonds. The summed E-state index contributed by atoms with van der Waals surface area (Å²) in [5, 5.41) is 19.7. The zero-order valence-electron chi connectivity index (χ0n) is 15.7. The van der Waals surface area contributed by atoms with Gasteiger partial charge in [0.05, 0.1) is 5.56 Å². The summed E-state index contributed by atoms with van der Waals surface area (Å²) in [6, 6.07) is 17.1. The molecule has 5 heteroatoms. The molecule has 0 unspecified atom stereocenters. The van der Waals surface area contributed by atoms with Gasteiger partial charge < -0.3 is 9.67 Å². The maximum atomic E-state index is 11.7. The Labute approximate surface area is 164 Å². The molecule has 2 aromatic carbocycles. The van der Waals surface area contributed by atoms with Crippen molar-refractivity contribution in [3.05, 3.63) is 70.5 Å². The second-order valence-corrected chi connectivity index (χ2v) is 6.18. The standard InChI is InChI=1S/C20H15ClN2O2.C2H6/c1-12-17(11-22)18(19(20(24)25)23(12)2)15-5-3-13(4-6-15)14-7-9-16(21)10-8-14;1-2/h3-10H,1-2H3,(H,24,25);1-2H3. The van der Waals surface area contributed by atoms with Crippen LogP contribution >= 0.6 is 11.6 Å². The molecule has 138 valence electrons. The van der Waals surface area contributed by atoms with Gasteiger partial charge >= 0.3 is 5.97 Å². The topological polar surface area (TPSA) is 66.0 Å². The number of nitrogens with zero attached hydrogens (tertiary/aromatic N) is 2. The van der Waals surface area contributed by atoms with Crippen molar-refractivity contribution in [1.82, 2.24) is 4.57 Å². The number of hydrogen-bond acceptors (Lipinski definition) is 2. The average Bonchev–Trinajstić information content (AvgIpc) is 2.95. The van der Waals surface area contributed by atoms with Crippen LogP contribution in [-0.2, 0) is 7.05 Å². The van der Waals surface area contributed by atoms with Gasteiger partial charge in [0, 0.05) is 23.3 Å². The van der Waals surface area contributed by atoms with Gasteiger partial charge in [0.25, 0.3) is 0 Å². The summed E-state index contributed by atoms with van der Waals surface area (Å²) in [6.07, 6.45) is 0. The molecule has 3 aromatic rings. The van der Waals surface area contributed by atoms with Crippen molar-refractivity contribution in [3.8, 4) is 28.3 Å². The number of aromatic nitrogens is 1. The van der Waals surface area contributed by atoms with Crippen LogP contribution in [-0.4, -0.2) is 15.6 Å². The van der Waals surface area contributed by atoms with E-state index in [0.29, 0.717) is 27.4 Å². The molecule has 0 radical (unpaired) electrons. The van der Waals surface area contributed by atoms with Crippen molar-refractivity contribution < 1.29 is 9.90 Å². The Balaban J connectivity index is 0.00000126. The van der Waals surface area contributed by atoms with E-state index in [9.17, 15) is 15.2 Å². The number of hydrogen-bond donors (Lipinski definition) is 1. The van der Waals surface area contributed by atoms with Gasteiger partial charge in [0.15, 0.2) is 0 Å². The molecule has 0 aliphatic carbocycles. The molecule has 0 bridgehead atoms. The van der Waals surface area contributed by atoms with Crippen LogP contribution in [0.25, 0.3) is 22.3 Å². The van der Waals surface area contributed by atoms with Gasteiger partial charge in [0.2, 0.25) is 0 Å². The van der Waals surface area contributed by atoms with Crippen LogP contribution in [0.4, 0.5) is 0 Å². The van der Waals surface area contributed by atoms with E-state index >= 15 is 0 Å². The van der Waals surface area contributed by atoms with E-state index in [0.717, 1.165) is 11.1 Å². The third-order valence-electron chi connectivity index (χ3n) is 4.35. The van der Waals surface area contributed by atoms with Crippen LogP contribution in [0.5, 0.6) is 0 Å². The summed E-state index contributed by atoms with van der Waals surface area (Å²) in [5.41, 5.74) is 4.31. The Morgan fingerprint density at radius 2 is 1.44 bits per heavy atom. The van der Waals surface area contributed by atoms with Gasteiger partial charge in [-0.1, -0.05) is 61.8 Å². The van der Waals surface area contributed by atoms with Gasteiger partial charge in [-0.05, 0) is 35.7 Å². The first-order valence-electron chi connectivity index (χ1n) is 8.63. The molecule has 1 N–H and O–H groups in total. The van der Waals surface area contributed by atoms with Crippen LogP contribution in [0.1, 0.15) is 35.6 Å². The van der Waals surface area contributed by atoms with Crippen molar-refractivity contribution in [1.29, 1.82) is 5.26 Å². The molecular formula is C22H21ClN2O2. The maximum absolute atomic E-state index is 11.7. The zero-order valence-corrected chi connectivity index (χ0v) is 16.5. The average molecular weight is 381 g/mol. The van der Waals surface area contributed by atoms with Crippen LogP contribution < -0.4 is 0 Å². The molecule has 1 aromatic heterocycles. The summed E-state index contributed by atoms with van der Waals surface area (Å²) in [7, 11) is 1.66. The molecular weight excluding hydrogens is 360 g/mol. The summed E-state index contributed by atoms with van der Waals surface area (Å²) in [6.45, 7) is 5.75. The smallest absolute Gasteiger partial charge is 0.353 e. The third kappa shape index (κ3) is 3.89. The van der Waals surface area contributed by atoms with Gasteiger partial charge in [0.1, 0.15) is 11.8 Å². The fraction of sp³-hybridized carbons (Fsp3) is 0.182. The zero-order chi connectivity index (χ0) is 20.1. The minimum atomic E-state index is -1.05. The van der Waals surface area contributed by atoms with Crippen LogP contribution in [0.2, 0.25) is 5.02 Å². The minimum absolute atomic E-state index is 0.119. The van der Waals surface area contributed by atoms with E-state index in [1.807, 2.05) is 62.4 Å². The van der Waals surface area contributed by atoms with E-state index < -0.39 is 5.97 Å². The Kier molecular flexibility index (Phi) is 6.44. The first-order chi connectivity index (χ1) is 12.9. The van der Waals surface area contributed by atoms with E-state index in [1.165, 1.54) is 0 Å². The largest absolute Gasteiger partial charge is 0.477 e. The lowest BCUT2D eigenvalue weighted by molar-refractivity contribution is 0.0687. The van der Waals surface area contributed by atoms with Crippen molar-refractivity contribution in [3.63, 3.8) is 0 Å². The fourth-order valence-corrected chi connectivity index (χ4v) is 3.07. The highest BCUT2D eigenvalue weighted by molar-refractivity contribution is 6.30. The molecule has 4 nitrogen and oxygen atoms in total. The molecule has 0 atom stereocenters. The molecule has 1 heterocycles. The van der Waals surface area contributed by atoms with E-state index in [-0.39, 0.29) is 5.69 Å². The quantitative estimate of drug-likeness (QED) is 0.613. The number of aromatic carboxylic acids is 1. The second-order valence-electron chi connectivity index (χ2n) is 5.74. The lowest BCUT2D eigenvalue weighted by Gasteiger charge is -2.06. The monoisotopic (exact) mass is 380 g/mol. The Hall–Kier alpha value is -3.03. The summed E-state index contributed by atoms with van der Waals surface area (Å²) in [5.74, 6) is -1.05. The Morgan fingerprint density at radius 3 is 1.89 bits per heavy atom. The van der Waals surface area contributed by atoms with Gasteiger partial charge in [-0.25, -0.2) is 4.79 Å². The first-order valence-corrected chi connectivity index (χ1v) is 9.01. The van der Waals surface area contributed by atoms with Crippen molar-refractivity contribution in [2.24, 2.45) is 7.05 Å². The number of carboxylic acids is 1. The fourth-order valence-electron chi connectivity index (χ4n) is 2.94. The minimum Gasteiger partial charge on any atom is -0.477 e. The third-order valence-corrected chi connectivity index (χ3v) is 4.60.